The molecule has 0 aliphatic carbocycles. The van der Waals surface area contributed by atoms with Crippen molar-refractivity contribution in [2.45, 2.75) is 18.9 Å². The van der Waals surface area contributed by atoms with E-state index >= 15 is 0 Å². The van der Waals surface area contributed by atoms with Crippen LogP contribution in [0.1, 0.15) is 18.1 Å². The molecule has 0 fully saturated rings. The minimum Gasteiger partial charge on any atom is -0.312 e. The molecule has 0 saturated heterocycles. The first-order chi connectivity index (χ1) is 13.6. The van der Waals surface area contributed by atoms with E-state index in [1.165, 1.54) is 17.3 Å². The van der Waals surface area contributed by atoms with Crippen LogP contribution in [0.4, 0.5) is 5.69 Å². The number of amides is 1. The lowest BCUT2D eigenvalue weighted by molar-refractivity contribution is -0.116. The molecule has 140 valence electrons. The average Bonchev–Trinajstić information content (AvgIpc) is 2.74. The van der Waals surface area contributed by atoms with Gasteiger partial charge >= 0.3 is 0 Å². The molecule has 0 saturated carbocycles. The Bertz CT molecular complexity index is 995. The third-order valence-electron chi connectivity index (χ3n) is 4.35. The predicted molar refractivity (Wildman–Crippen MR) is 114 cm³/mol. The standard InChI is InChI=1S/C23H21N3OS/c1-3-26(20-7-5-4-6-8-20)22(27)16-28-23-19(15-24)13-14-21(25-23)18-11-9-17(2)10-12-18/h4-14H,3,16H2,1-2H3. The van der Waals surface area contributed by atoms with E-state index in [1.54, 1.807) is 11.0 Å². The molecule has 0 atom stereocenters. The van der Waals surface area contributed by atoms with Crippen LogP contribution in [0, 0.1) is 18.3 Å². The summed E-state index contributed by atoms with van der Waals surface area (Å²) in [6.45, 7) is 4.58. The molecular weight excluding hydrogens is 366 g/mol. The van der Waals surface area contributed by atoms with E-state index in [-0.39, 0.29) is 11.7 Å². The summed E-state index contributed by atoms with van der Waals surface area (Å²) in [6.07, 6.45) is 0. The van der Waals surface area contributed by atoms with Crippen LogP contribution >= 0.6 is 11.8 Å². The molecule has 0 aliphatic rings. The van der Waals surface area contributed by atoms with Crippen LogP contribution in [-0.4, -0.2) is 23.2 Å². The highest BCUT2D eigenvalue weighted by Gasteiger charge is 2.16. The molecule has 0 spiro atoms. The first-order valence-corrected chi connectivity index (χ1v) is 10.1. The van der Waals surface area contributed by atoms with Gasteiger partial charge in [-0.15, -0.1) is 0 Å². The van der Waals surface area contributed by atoms with Crippen molar-refractivity contribution in [3.05, 3.63) is 77.9 Å². The van der Waals surface area contributed by atoms with Crippen LogP contribution in [0.2, 0.25) is 0 Å². The van der Waals surface area contributed by atoms with Gasteiger partial charge in [0.25, 0.3) is 0 Å². The molecule has 0 aliphatic heterocycles. The third-order valence-corrected chi connectivity index (χ3v) is 5.32. The Balaban J connectivity index is 1.79. The molecule has 0 N–H and O–H groups in total. The molecule has 4 nitrogen and oxygen atoms in total. The van der Waals surface area contributed by atoms with Crippen LogP contribution in [-0.2, 0) is 4.79 Å². The SMILES string of the molecule is CCN(C(=O)CSc1nc(-c2ccc(C)cc2)ccc1C#N)c1ccccc1. The van der Waals surface area contributed by atoms with Crippen LogP contribution in [0.25, 0.3) is 11.3 Å². The van der Waals surface area contributed by atoms with E-state index in [2.05, 4.69) is 11.1 Å². The maximum Gasteiger partial charge on any atom is 0.237 e. The quantitative estimate of drug-likeness (QED) is 0.554. The van der Waals surface area contributed by atoms with Crippen molar-refractivity contribution < 1.29 is 4.79 Å². The lowest BCUT2D eigenvalue weighted by Crippen LogP contribution is -2.32. The van der Waals surface area contributed by atoms with Crippen molar-refractivity contribution in [2.24, 2.45) is 0 Å². The topological polar surface area (TPSA) is 57.0 Å². The number of nitriles is 1. The molecule has 1 heterocycles. The first-order valence-electron chi connectivity index (χ1n) is 9.08. The Labute approximate surface area is 169 Å². The summed E-state index contributed by atoms with van der Waals surface area (Å²) in [6, 6.07) is 23.5. The second-order valence-corrected chi connectivity index (χ2v) is 7.25. The lowest BCUT2D eigenvalue weighted by Gasteiger charge is -2.20. The number of carbonyl (C=O) groups is 1. The van der Waals surface area contributed by atoms with Crippen molar-refractivity contribution in [2.75, 3.05) is 17.2 Å². The highest BCUT2D eigenvalue weighted by molar-refractivity contribution is 8.00. The summed E-state index contributed by atoms with van der Waals surface area (Å²) in [5.41, 5.74) is 4.32. The monoisotopic (exact) mass is 387 g/mol. The molecule has 0 radical (unpaired) electrons. The predicted octanol–water partition coefficient (Wildman–Crippen LogP) is 5.07. The number of carbonyl (C=O) groups excluding carboxylic acids is 1. The van der Waals surface area contributed by atoms with Crippen molar-refractivity contribution in [1.82, 2.24) is 4.98 Å². The largest absolute Gasteiger partial charge is 0.312 e. The summed E-state index contributed by atoms with van der Waals surface area (Å²) in [7, 11) is 0. The fourth-order valence-electron chi connectivity index (χ4n) is 2.84. The normalized spacial score (nSPS) is 10.3. The molecule has 0 unspecified atom stereocenters. The lowest BCUT2D eigenvalue weighted by atomic mass is 10.1. The van der Waals surface area contributed by atoms with Gasteiger partial charge in [-0.1, -0.05) is 59.8 Å². The molecule has 28 heavy (non-hydrogen) atoms. The summed E-state index contributed by atoms with van der Waals surface area (Å²) in [5.74, 6) is 0.215. The van der Waals surface area contributed by atoms with E-state index in [9.17, 15) is 10.1 Å². The van der Waals surface area contributed by atoms with Gasteiger partial charge in [-0.05, 0) is 38.1 Å². The van der Waals surface area contributed by atoms with E-state index in [0.717, 1.165) is 16.9 Å². The summed E-state index contributed by atoms with van der Waals surface area (Å²) >= 11 is 1.31. The maximum atomic E-state index is 12.7. The van der Waals surface area contributed by atoms with Gasteiger partial charge in [0, 0.05) is 17.8 Å². The fourth-order valence-corrected chi connectivity index (χ4v) is 3.69. The van der Waals surface area contributed by atoms with Crippen LogP contribution < -0.4 is 4.90 Å². The number of benzene rings is 2. The van der Waals surface area contributed by atoms with Gasteiger partial charge in [-0.2, -0.15) is 5.26 Å². The van der Waals surface area contributed by atoms with Gasteiger partial charge < -0.3 is 4.90 Å². The number of aromatic nitrogens is 1. The molecule has 1 amide bonds. The Morgan fingerprint density at radius 3 is 2.43 bits per heavy atom. The van der Waals surface area contributed by atoms with Gasteiger partial charge in [0.1, 0.15) is 11.1 Å². The highest BCUT2D eigenvalue weighted by atomic mass is 32.2. The molecule has 5 heteroatoms. The Morgan fingerprint density at radius 2 is 1.79 bits per heavy atom. The van der Waals surface area contributed by atoms with E-state index in [0.29, 0.717) is 17.1 Å². The number of rotatable bonds is 6. The number of thioether (sulfide) groups is 1. The van der Waals surface area contributed by atoms with Gasteiger partial charge in [0.15, 0.2) is 0 Å². The Kier molecular flexibility index (Phi) is 6.46. The average molecular weight is 388 g/mol. The Morgan fingerprint density at radius 1 is 1.07 bits per heavy atom. The molecule has 2 aromatic carbocycles. The minimum atomic E-state index is -0.00914. The number of nitrogens with zero attached hydrogens (tertiary/aromatic N) is 3. The van der Waals surface area contributed by atoms with Crippen LogP contribution in [0.5, 0.6) is 0 Å². The number of para-hydroxylation sites is 1. The van der Waals surface area contributed by atoms with Gasteiger partial charge in [-0.3, -0.25) is 4.79 Å². The number of aryl methyl sites for hydroxylation is 1. The maximum absolute atomic E-state index is 12.7. The van der Waals surface area contributed by atoms with E-state index in [1.807, 2.05) is 74.5 Å². The zero-order valence-corrected chi connectivity index (χ0v) is 16.7. The second kappa shape index (κ2) is 9.20. The van der Waals surface area contributed by atoms with Gasteiger partial charge in [0.05, 0.1) is 17.0 Å². The van der Waals surface area contributed by atoms with Gasteiger partial charge in [0.2, 0.25) is 5.91 Å². The number of anilines is 1. The van der Waals surface area contributed by atoms with Crippen LogP contribution in [0.3, 0.4) is 0 Å². The zero-order chi connectivity index (χ0) is 19.9. The molecule has 3 aromatic rings. The highest BCUT2D eigenvalue weighted by Crippen LogP contribution is 2.26. The Hall–Kier alpha value is -3.10. The van der Waals surface area contributed by atoms with E-state index < -0.39 is 0 Å². The first kappa shape index (κ1) is 19.7. The molecule has 3 rings (SSSR count). The number of hydrogen-bond donors (Lipinski definition) is 0. The molecule has 0 bridgehead atoms. The fraction of sp³-hybridized carbons (Fsp3) is 0.174. The molecular formula is C23H21N3OS. The third kappa shape index (κ3) is 4.59. The number of pyridine rings is 1. The smallest absolute Gasteiger partial charge is 0.237 e. The van der Waals surface area contributed by atoms with Crippen molar-refractivity contribution in [3.8, 4) is 17.3 Å². The van der Waals surface area contributed by atoms with Crippen LogP contribution in [0.15, 0.2) is 71.8 Å². The minimum absolute atomic E-state index is 0.00914. The van der Waals surface area contributed by atoms with Crippen molar-refractivity contribution in [1.29, 1.82) is 5.26 Å². The summed E-state index contributed by atoms with van der Waals surface area (Å²) < 4.78 is 0. The summed E-state index contributed by atoms with van der Waals surface area (Å²) in [4.78, 5) is 19.1. The summed E-state index contributed by atoms with van der Waals surface area (Å²) in [5, 5.41) is 10.00. The zero-order valence-electron chi connectivity index (χ0n) is 15.9. The number of hydrogen-bond acceptors (Lipinski definition) is 4. The van der Waals surface area contributed by atoms with Crippen molar-refractivity contribution in [3.63, 3.8) is 0 Å². The van der Waals surface area contributed by atoms with Gasteiger partial charge in [-0.25, -0.2) is 4.98 Å². The van der Waals surface area contributed by atoms with E-state index in [4.69, 9.17) is 0 Å². The second-order valence-electron chi connectivity index (χ2n) is 6.29. The molecule has 1 aromatic heterocycles. The van der Waals surface area contributed by atoms with Crippen molar-refractivity contribution >= 4 is 23.4 Å².